The van der Waals surface area contributed by atoms with Crippen LogP contribution in [-0.2, 0) is 6.54 Å². The molecule has 0 fully saturated rings. The molecule has 2 N–H and O–H groups in total. The lowest BCUT2D eigenvalue weighted by atomic mass is 10.1. The zero-order valence-corrected chi connectivity index (χ0v) is 17.1. The van der Waals surface area contributed by atoms with Crippen molar-refractivity contribution in [3.63, 3.8) is 0 Å². The molecule has 0 atom stereocenters. The van der Waals surface area contributed by atoms with Crippen LogP contribution >= 0.6 is 11.6 Å². The average molecular weight is 449 g/mol. The first-order chi connectivity index (χ1) is 15.4. The number of fused-ring (bicyclic) bond motifs is 1. The molecule has 32 heavy (non-hydrogen) atoms. The number of halogens is 2. The molecule has 0 unspecified atom stereocenters. The number of aromatic amines is 1. The number of pyridine rings is 2. The summed E-state index contributed by atoms with van der Waals surface area (Å²) in [6.07, 6.45) is 1.36. The Labute approximate surface area is 185 Å². The van der Waals surface area contributed by atoms with Crippen LogP contribution in [0.4, 0.5) is 10.1 Å². The maximum atomic E-state index is 13.4. The predicted molar refractivity (Wildman–Crippen MR) is 118 cm³/mol. The van der Waals surface area contributed by atoms with E-state index in [2.05, 4.69) is 10.3 Å². The summed E-state index contributed by atoms with van der Waals surface area (Å²) in [5.41, 5.74) is 0.363. The van der Waals surface area contributed by atoms with Gasteiger partial charge in [0.05, 0.1) is 17.1 Å². The Morgan fingerprint density at radius 1 is 1.12 bits per heavy atom. The predicted octanol–water partition coefficient (Wildman–Crippen LogP) is 3.65. The molecule has 0 aliphatic rings. The normalized spacial score (nSPS) is 10.7. The van der Waals surface area contributed by atoms with Crippen molar-refractivity contribution in [2.45, 2.75) is 6.54 Å². The molecule has 4 rings (SSSR count). The second-order valence-corrected chi connectivity index (χ2v) is 7.37. The summed E-state index contributed by atoms with van der Waals surface area (Å²) in [4.78, 5) is 40.2. The van der Waals surface area contributed by atoms with Crippen LogP contribution in [0.2, 0.25) is 5.02 Å². The van der Waals surface area contributed by atoms with E-state index >= 15 is 0 Å². The fourth-order valence-electron chi connectivity index (χ4n) is 3.25. The first kappa shape index (κ1) is 21.0. The van der Waals surface area contributed by atoms with Crippen LogP contribution in [-0.4, -0.2) is 15.5 Å². The number of nitrogens with one attached hydrogen (secondary N) is 2. The second kappa shape index (κ2) is 8.49. The van der Waals surface area contributed by atoms with Gasteiger partial charge in [-0.05, 0) is 48.0 Å². The molecule has 2 aromatic heterocycles. The van der Waals surface area contributed by atoms with Gasteiger partial charge >= 0.3 is 0 Å². The Bertz CT molecular complexity index is 1520. The molecular formula is C23H14ClFN4O3. The summed E-state index contributed by atoms with van der Waals surface area (Å²) in [6, 6.07) is 14.8. The number of hydrogen-bond acceptors (Lipinski definition) is 4. The number of nitriles is 1. The van der Waals surface area contributed by atoms with Crippen molar-refractivity contribution in [3.05, 3.63) is 109 Å². The van der Waals surface area contributed by atoms with Crippen molar-refractivity contribution in [1.82, 2.24) is 9.55 Å². The maximum Gasteiger partial charge on any atom is 0.261 e. The topological polar surface area (TPSA) is 108 Å². The van der Waals surface area contributed by atoms with E-state index in [1.807, 2.05) is 6.07 Å². The Kier molecular flexibility index (Phi) is 5.58. The highest BCUT2D eigenvalue weighted by molar-refractivity contribution is 6.31. The van der Waals surface area contributed by atoms with Gasteiger partial charge in [0.1, 0.15) is 16.9 Å². The third kappa shape index (κ3) is 4.15. The standard InChI is InChI=1S/C23H14ClFN4O3/c24-18-9-15(25)4-3-14(18)11-29-12-17(22(31)21-19(29)7-8-20(30)28-21)23(32)27-16-5-1-13(10-26)2-6-16/h1-9,12H,11H2,(H,27,32)(H,28,30). The molecule has 0 saturated heterocycles. The van der Waals surface area contributed by atoms with Crippen LogP contribution in [0, 0.1) is 17.1 Å². The monoisotopic (exact) mass is 448 g/mol. The van der Waals surface area contributed by atoms with E-state index in [-0.39, 0.29) is 22.6 Å². The minimum absolute atomic E-state index is 0.0387. The largest absolute Gasteiger partial charge is 0.341 e. The summed E-state index contributed by atoms with van der Waals surface area (Å²) < 4.78 is 15.0. The third-order valence-electron chi connectivity index (χ3n) is 4.84. The molecule has 1 amide bonds. The minimum Gasteiger partial charge on any atom is -0.341 e. The molecule has 2 aromatic carbocycles. The van der Waals surface area contributed by atoms with Crippen LogP contribution in [0.25, 0.3) is 11.0 Å². The van der Waals surface area contributed by atoms with Crippen molar-refractivity contribution in [2.75, 3.05) is 5.32 Å². The highest BCUT2D eigenvalue weighted by atomic mass is 35.5. The lowest BCUT2D eigenvalue weighted by Gasteiger charge is -2.14. The average Bonchev–Trinajstić information content (AvgIpc) is 2.77. The van der Waals surface area contributed by atoms with E-state index in [1.165, 1.54) is 60.8 Å². The lowest BCUT2D eigenvalue weighted by molar-refractivity contribution is 0.102. The second-order valence-electron chi connectivity index (χ2n) is 6.96. The van der Waals surface area contributed by atoms with Gasteiger partial charge < -0.3 is 14.9 Å². The fourth-order valence-corrected chi connectivity index (χ4v) is 3.48. The SMILES string of the molecule is N#Cc1ccc(NC(=O)c2cn(Cc3ccc(F)cc3Cl)c3ccc(=O)[nH]c3c2=O)cc1. The van der Waals surface area contributed by atoms with Crippen LogP contribution in [0.5, 0.6) is 0 Å². The summed E-state index contributed by atoms with van der Waals surface area (Å²) in [6.45, 7) is 0.124. The van der Waals surface area contributed by atoms with Gasteiger partial charge in [0.2, 0.25) is 11.0 Å². The van der Waals surface area contributed by atoms with Gasteiger partial charge in [-0.1, -0.05) is 17.7 Å². The van der Waals surface area contributed by atoms with Gasteiger partial charge in [-0.25, -0.2) is 4.39 Å². The Balaban J connectivity index is 1.80. The van der Waals surface area contributed by atoms with E-state index in [1.54, 1.807) is 4.57 Å². The highest BCUT2D eigenvalue weighted by Gasteiger charge is 2.17. The van der Waals surface area contributed by atoms with Crippen molar-refractivity contribution >= 4 is 34.2 Å². The smallest absolute Gasteiger partial charge is 0.261 e. The first-order valence-electron chi connectivity index (χ1n) is 9.37. The van der Waals surface area contributed by atoms with Gasteiger partial charge in [0.15, 0.2) is 0 Å². The van der Waals surface area contributed by atoms with Gasteiger partial charge in [-0.3, -0.25) is 14.4 Å². The molecule has 4 aromatic rings. The van der Waals surface area contributed by atoms with E-state index in [0.29, 0.717) is 22.3 Å². The summed E-state index contributed by atoms with van der Waals surface area (Å²) in [5, 5.41) is 11.7. The molecule has 2 heterocycles. The van der Waals surface area contributed by atoms with Crippen LogP contribution < -0.4 is 16.3 Å². The Morgan fingerprint density at radius 3 is 2.56 bits per heavy atom. The highest BCUT2D eigenvalue weighted by Crippen LogP contribution is 2.20. The van der Waals surface area contributed by atoms with E-state index < -0.39 is 22.7 Å². The molecule has 0 aliphatic carbocycles. The molecule has 158 valence electrons. The van der Waals surface area contributed by atoms with E-state index in [0.717, 1.165) is 0 Å². The number of nitrogens with zero attached hydrogens (tertiary/aromatic N) is 2. The Morgan fingerprint density at radius 2 is 1.88 bits per heavy atom. The lowest BCUT2D eigenvalue weighted by Crippen LogP contribution is -2.26. The number of hydrogen-bond donors (Lipinski definition) is 2. The number of aromatic nitrogens is 2. The quantitative estimate of drug-likeness (QED) is 0.496. The zero-order valence-electron chi connectivity index (χ0n) is 16.4. The minimum atomic E-state index is -0.690. The molecule has 9 heteroatoms. The molecule has 0 aliphatic heterocycles. The number of benzene rings is 2. The van der Waals surface area contributed by atoms with Gasteiger partial charge in [0.25, 0.3) is 5.91 Å². The number of anilines is 1. The number of H-pyrrole nitrogens is 1. The van der Waals surface area contributed by atoms with Crippen LogP contribution in [0.1, 0.15) is 21.5 Å². The molecule has 0 bridgehead atoms. The zero-order chi connectivity index (χ0) is 22.8. The summed E-state index contributed by atoms with van der Waals surface area (Å²) >= 11 is 6.15. The number of amides is 1. The van der Waals surface area contributed by atoms with Gasteiger partial charge in [-0.15, -0.1) is 0 Å². The molecule has 7 nitrogen and oxygen atoms in total. The van der Waals surface area contributed by atoms with Crippen molar-refractivity contribution in [2.24, 2.45) is 0 Å². The van der Waals surface area contributed by atoms with Gasteiger partial charge in [0, 0.05) is 29.5 Å². The van der Waals surface area contributed by atoms with Crippen LogP contribution in [0.3, 0.4) is 0 Å². The van der Waals surface area contributed by atoms with Crippen LogP contribution in [0.15, 0.2) is 70.4 Å². The molecule has 0 spiro atoms. The number of carbonyl (C=O) groups excluding carboxylic acids is 1. The Hall–Kier alpha value is -4.22. The fraction of sp³-hybridized carbons (Fsp3) is 0.0435. The molecular weight excluding hydrogens is 435 g/mol. The van der Waals surface area contributed by atoms with E-state index in [4.69, 9.17) is 16.9 Å². The third-order valence-corrected chi connectivity index (χ3v) is 5.19. The molecule has 0 saturated carbocycles. The van der Waals surface area contributed by atoms with Crippen molar-refractivity contribution < 1.29 is 9.18 Å². The van der Waals surface area contributed by atoms with Crippen molar-refractivity contribution in [1.29, 1.82) is 5.26 Å². The summed E-state index contributed by atoms with van der Waals surface area (Å²) in [7, 11) is 0. The first-order valence-corrected chi connectivity index (χ1v) is 9.75. The maximum absolute atomic E-state index is 13.4. The summed E-state index contributed by atoms with van der Waals surface area (Å²) in [5.74, 6) is -1.18. The van der Waals surface area contributed by atoms with Crippen molar-refractivity contribution in [3.8, 4) is 6.07 Å². The number of carbonyl (C=O) groups is 1. The molecule has 0 radical (unpaired) electrons. The van der Waals surface area contributed by atoms with E-state index in [9.17, 15) is 18.8 Å². The number of rotatable bonds is 4. The van der Waals surface area contributed by atoms with Gasteiger partial charge in [-0.2, -0.15) is 5.26 Å².